The largest absolute Gasteiger partial charge is 0.366 e. The highest BCUT2D eigenvalue weighted by molar-refractivity contribution is 9.10. The quantitative estimate of drug-likeness (QED) is 0.588. The molecule has 0 aromatic carbocycles. The second-order valence-corrected chi connectivity index (χ2v) is 5.72. The van der Waals surface area contributed by atoms with Crippen LogP contribution in [0.2, 0.25) is 0 Å². The Kier molecular flexibility index (Phi) is 4.77. The lowest BCUT2D eigenvalue weighted by molar-refractivity contribution is 0.328. The third-order valence-corrected chi connectivity index (χ3v) is 4.17. The number of nitrogen functional groups attached to an aromatic ring is 1. The van der Waals surface area contributed by atoms with Gasteiger partial charge in [0.2, 0.25) is 5.95 Å². The highest BCUT2D eigenvalue weighted by Gasteiger charge is 2.21. The summed E-state index contributed by atoms with van der Waals surface area (Å²) in [5.41, 5.74) is 2.46. The molecule has 1 aliphatic carbocycles. The summed E-state index contributed by atoms with van der Waals surface area (Å²) in [6.45, 7) is 2.22. The first kappa shape index (κ1) is 13.5. The molecule has 1 aliphatic rings. The van der Waals surface area contributed by atoms with Crippen molar-refractivity contribution in [3.05, 3.63) is 10.7 Å². The molecular weight excluding hydrogens is 294 g/mol. The molecule has 0 radical (unpaired) electrons. The molecule has 1 unspecified atom stereocenters. The molecule has 6 heteroatoms. The maximum Gasteiger partial charge on any atom is 0.239 e. The minimum atomic E-state index is 0.419. The van der Waals surface area contributed by atoms with E-state index < -0.39 is 0 Å². The third kappa shape index (κ3) is 3.32. The van der Waals surface area contributed by atoms with E-state index in [0.717, 1.165) is 16.2 Å². The summed E-state index contributed by atoms with van der Waals surface area (Å²) in [5.74, 6) is 7.28. The topological polar surface area (TPSA) is 75.9 Å². The van der Waals surface area contributed by atoms with Gasteiger partial charge in [-0.3, -0.25) is 5.43 Å². The summed E-state index contributed by atoms with van der Waals surface area (Å²) < 4.78 is 0.865. The smallest absolute Gasteiger partial charge is 0.239 e. The Hall–Kier alpha value is -0.880. The molecular formula is C12H20BrN5. The molecule has 18 heavy (non-hydrogen) atoms. The van der Waals surface area contributed by atoms with Crippen molar-refractivity contribution in [2.45, 2.75) is 45.1 Å². The van der Waals surface area contributed by atoms with Gasteiger partial charge >= 0.3 is 0 Å². The second kappa shape index (κ2) is 6.33. The molecule has 0 saturated heterocycles. The standard InChI is InChI=1S/C12H20BrN5/c1-8(9-5-3-2-4-6-9)16-11-10(13)7-15-12(17-11)18-14/h7-9H,2-6,14H2,1H3,(H2,15,16,17,18). The maximum atomic E-state index is 5.32. The molecule has 0 bridgehead atoms. The fourth-order valence-electron chi connectivity index (χ4n) is 2.51. The van der Waals surface area contributed by atoms with E-state index in [-0.39, 0.29) is 0 Å². The number of hydrazine groups is 1. The minimum absolute atomic E-state index is 0.419. The van der Waals surface area contributed by atoms with Gasteiger partial charge in [-0.05, 0) is 41.6 Å². The summed E-state index contributed by atoms with van der Waals surface area (Å²) in [6, 6.07) is 0.419. The summed E-state index contributed by atoms with van der Waals surface area (Å²) in [7, 11) is 0. The number of anilines is 2. The monoisotopic (exact) mass is 313 g/mol. The molecule has 2 rings (SSSR count). The lowest BCUT2D eigenvalue weighted by atomic mass is 9.84. The zero-order valence-electron chi connectivity index (χ0n) is 10.6. The maximum absolute atomic E-state index is 5.32. The Labute approximate surface area is 116 Å². The van der Waals surface area contributed by atoms with Crippen molar-refractivity contribution in [3.63, 3.8) is 0 Å². The number of aromatic nitrogens is 2. The molecule has 0 aliphatic heterocycles. The van der Waals surface area contributed by atoms with Gasteiger partial charge in [0.15, 0.2) is 0 Å². The third-order valence-electron chi connectivity index (χ3n) is 3.59. The molecule has 1 fully saturated rings. The van der Waals surface area contributed by atoms with Crippen molar-refractivity contribution in [1.82, 2.24) is 9.97 Å². The Morgan fingerprint density at radius 1 is 1.39 bits per heavy atom. The fourth-order valence-corrected chi connectivity index (χ4v) is 2.81. The van der Waals surface area contributed by atoms with Gasteiger partial charge in [0.1, 0.15) is 5.82 Å². The Morgan fingerprint density at radius 2 is 2.11 bits per heavy atom. The van der Waals surface area contributed by atoms with E-state index in [2.05, 4.69) is 43.6 Å². The molecule has 1 heterocycles. The van der Waals surface area contributed by atoms with Crippen LogP contribution >= 0.6 is 15.9 Å². The zero-order chi connectivity index (χ0) is 13.0. The molecule has 0 spiro atoms. The molecule has 100 valence electrons. The predicted molar refractivity (Wildman–Crippen MR) is 77.2 cm³/mol. The Morgan fingerprint density at radius 3 is 2.78 bits per heavy atom. The summed E-state index contributed by atoms with van der Waals surface area (Å²) in [4.78, 5) is 8.36. The lowest BCUT2D eigenvalue weighted by Gasteiger charge is -2.28. The van der Waals surface area contributed by atoms with Crippen molar-refractivity contribution >= 4 is 27.7 Å². The van der Waals surface area contributed by atoms with E-state index in [9.17, 15) is 0 Å². The van der Waals surface area contributed by atoms with Gasteiger partial charge in [-0.2, -0.15) is 4.98 Å². The summed E-state index contributed by atoms with van der Waals surface area (Å²) in [5, 5.41) is 3.46. The molecule has 1 atom stereocenters. The Bertz CT molecular complexity index is 392. The van der Waals surface area contributed by atoms with Crippen LogP contribution in [-0.2, 0) is 0 Å². The van der Waals surface area contributed by atoms with Crippen molar-refractivity contribution in [2.24, 2.45) is 11.8 Å². The molecule has 4 N–H and O–H groups in total. The molecule has 0 amide bonds. The van der Waals surface area contributed by atoms with Crippen molar-refractivity contribution in [3.8, 4) is 0 Å². The number of nitrogens with two attached hydrogens (primary N) is 1. The van der Waals surface area contributed by atoms with E-state index in [1.165, 1.54) is 32.1 Å². The normalized spacial score (nSPS) is 18.4. The average molecular weight is 314 g/mol. The van der Waals surface area contributed by atoms with Gasteiger partial charge in [0.25, 0.3) is 0 Å². The van der Waals surface area contributed by atoms with E-state index >= 15 is 0 Å². The van der Waals surface area contributed by atoms with Gasteiger partial charge in [0, 0.05) is 12.2 Å². The predicted octanol–water partition coefficient (Wildman–Crippen LogP) is 2.91. The Balaban J connectivity index is 2.03. The van der Waals surface area contributed by atoms with Crippen LogP contribution in [0.4, 0.5) is 11.8 Å². The van der Waals surface area contributed by atoms with Crippen molar-refractivity contribution < 1.29 is 0 Å². The van der Waals surface area contributed by atoms with Gasteiger partial charge in [0.05, 0.1) is 4.47 Å². The number of hydrogen-bond acceptors (Lipinski definition) is 5. The van der Waals surface area contributed by atoms with Crippen LogP contribution in [-0.4, -0.2) is 16.0 Å². The van der Waals surface area contributed by atoms with Gasteiger partial charge < -0.3 is 5.32 Å². The van der Waals surface area contributed by atoms with Gasteiger partial charge in [-0.15, -0.1) is 0 Å². The highest BCUT2D eigenvalue weighted by atomic mass is 79.9. The van der Waals surface area contributed by atoms with Crippen molar-refractivity contribution in [2.75, 3.05) is 10.7 Å². The zero-order valence-corrected chi connectivity index (χ0v) is 12.2. The fraction of sp³-hybridized carbons (Fsp3) is 0.667. The van der Waals surface area contributed by atoms with Crippen LogP contribution < -0.4 is 16.6 Å². The molecule has 1 aromatic rings. The number of halogens is 1. The number of nitrogens with one attached hydrogen (secondary N) is 2. The number of rotatable bonds is 4. The van der Waals surface area contributed by atoms with E-state index in [0.29, 0.717) is 12.0 Å². The van der Waals surface area contributed by atoms with Gasteiger partial charge in [-0.25, -0.2) is 10.8 Å². The van der Waals surface area contributed by atoms with Crippen LogP contribution in [0.3, 0.4) is 0 Å². The summed E-state index contributed by atoms with van der Waals surface area (Å²) >= 11 is 3.46. The highest BCUT2D eigenvalue weighted by Crippen LogP contribution is 2.29. The van der Waals surface area contributed by atoms with E-state index in [1.807, 2.05) is 0 Å². The van der Waals surface area contributed by atoms with E-state index in [1.54, 1.807) is 6.20 Å². The van der Waals surface area contributed by atoms with Gasteiger partial charge in [-0.1, -0.05) is 19.3 Å². The second-order valence-electron chi connectivity index (χ2n) is 4.87. The summed E-state index contributed by atoms with van der Waals surface area (Å²) in [6.07, 6.45) is 8.38. The first-order chi connectivity index (χ1) is 8.70. The lowest BCUT2D eigenvalue weighted by Crippen LogP contribution is -2.28. The molecule has 1 aromatic heterocycles. The van der Waals surface area contributed by atoms with Crippen molar-refractivity contribution in [1.29, 1.82) is 0 Å². The minimum Gasteiger partial charge on any atom is -0.366 e. The molecule has 1 saturated carbocycles. The number of hydrogen-bond donors (Lipinski definition) is 3. The van der Waals surface area contributed by atoms with Crippen LogP contribution in [0.25, 0.3) is 0 Å². The first-order valence-corrected chi connectivity index (χ1v) is 7.25. The first-order valence-electron chi connectivity index (χ1n) is 6.46. The molecule has 5 nitrogen and oxygen atoms in total. The van der Waals surface area contributed by atoms with Crippen LogP contribution in [0, 0.1) is 5.92 Å². The SMILES string of the molecule is CC(Nc1nc(NN)ncc1Br)C1CCCCC1. The van der Waals surface area contributed by atoms with Crippen LogP contribution in [0.1, 0.15) is 39.0 Å². The van der Waals surface area contributed by atoms with Crippen LogP contribution in [0.5, 0.6) is 0 Å². The van der Waals surface area contributed by atoms with E-state index in [4.69, 9.17) is 5.84 Å². The number of nitrogens with zero attached hydrogens (tertiary/aromatic N) is 2. The van der Waals surface area contributed by atoms with Crippen LogP contribution in [0.15, 0.2) is 10.7 Å². The average Bonchev–Trinajstić information content (AvgIpc) is 2.42.